The van der Waals surface area contributed by atoms with Crippen molar-refractivity contribution in [1.29, 1.82) is 0 Å². The quantitative estimate of drug-likeness (QED) is 0.676. The predicted molar refractivity (Wildman–Crippen MR) is 52.3 cm³/mol. The molecule has 0 spiro atoms. The normalized spacial score (nSPS) is 20.0. The van der Waals surface area contributed by atoms with Crippen molar-refractivity contribution < 1.29 is 4.84 Å². The topological polar surface area (TPSA) is 47.3 Å². The molecule has 0 saturated carbocycles. The van der Waals surface area contributed by atoms with E-state index < -0.39 is 0 Å². The van der Waals surface area contributed by atoms with E-state index in [1.165, 1.54) is 11.1 Å². The molecule has 0 saturated heterocycles. The van der Waals surface area contributed by atoms with Crippen LogP contribution in [0.4, 0.5) is 5.69 Å². The zero-order valence-electron chi connectivity index (χ0n) is 7.71. The predicted octanol–water partition coefficient (Wildman–Crippen LogP) is 1.61. The van der Waals surface area contributed by atoms with Gasteiger partial charge in [0.05, 0.1) is 12.8 Å². The fourth-order valence-electron chi connectivity index (χ4n) is 1.82. The maximum atomic E-state index is 5.94. The van der Waals surface area contributed by atoms with E-state index in [2.05, 4.69) is 17.6 Å². The molecule has 3 heteroatoms. The SMILES string of the molecule is CONc1ccc2c(c1)C(N)CC2. The number of nitrogens with one attached hydrogen (secondary N) is 1. The molecule has 1 atom stereocenters. The first-order valence-electron chi connectivity index (χ1n) is 4.48. The number of rotatable bonds is 2. The minimum Gasteiger partial charge on any atom is -0.324 e. The number of benzene rings is 1. The molecule has 3 N–H and O–H groups in total. The van der Waals surface area contributed by atoms with Gasteiger partial charge in [-0.15, -0.1) is 0 Å². The van der Waals surface area contributed by atoms with Crippen LogP contribution < -0.4 is 11.2 Å². The first-order valence-corrected chi connectivity index (χ1v) is 4.48. The summed E-state index contributed by atoms with van der Waals surface area (Å²) >= 11 is 0. The van der Waals surface area contributed by atoms with E-state index in [-0.39, 0.29) is 6.04 Å². The summed E-state index contributed by atoms with van der Waals surface area (Å²) in [5, 5.41) is 0. The molecule has 1 aromatic carbocycles. The summed E-state index contributed by atoms with van der Waals surface area (Å²) in [6, 6.07) is 6.40. The minimum atomic E-state index is 0.202. The van der Waals surface area contributed by atoms with Gasteiger partial charge in [0.15, 0.2) is 0 Å². The van der Waals surface area contributed by atoms with Crippen LogP contribution in [-0.4, -0.2) is 7.11 Å². The van der Waals surface area contributed by atoms with E-state index >= 15 is 0 Å². The van der Waals surface area contributed by atoms with Gasteiger partial charge in [-0.3, -0.25) is 10.3 Å². The third kappa shape index (κ3) is 1.53. The molecule has 70 valence electrons. The lowest BCUT2D eigenvalue weighted by Crippen LogP contribution is -2.06. The van der Waals surface area contributed by atoms with E-state index in [1.54, 1.807) is 7.11 Å². The van der Waals surface area contributed by atoms with Crippen LogP contribution in [0, 0.1) is 0 Å². The molecule has 3 nitrogen and oxygen atoms in total. The molecule has 1 aromatic rings. The van der Waals surface area contributed by atoms with Gasteiger partial charge in [-0.05, 0) is 36.1 Å². The first-order chi connectivity index (χ1) is 6.31. The lowest BCUT2D eigenvalue weighted by atomic mass is 10.1. The van der Waals surface area contributed by atoms with Crippen molar-refractivity contribution in [2.24, 2.45) is 5.73 Å². The Morgan fingerprint density at radius 1 is 1.54 bits per heavy atom. The molecule has 0 aromatic heterocycles. The second kappa shape index (κ2) is 3.36. The van der Waals surface area contributed by atoms with E-state index in [1.807, 2.05) is 6.07 Å². The van der Waals surface area contributed by atoms with Gasteiger partial charge in [0.1, 0.15) is 0 Å². The van der Waals surface area contributed by atoms with Crippen molar-refractivity contribution in [3.8, 4) is 0 Å². The Labute approximate surface area is 77.8 Å². The molecule has 13 heavy (non-hydrogen) atoms. The minimum absolute atomic E-state index is 0.202. The van der Waals surface area contributed by atoms with Crippen molar-refractivity contribution in [2.45, 2.75) is 18.9 Å². The molecule has 0 bridgehead atoms. The van der Waals surface area contributed by atoms with Crippen molar-refractivity contribution in [3.05, 3.63) is 29.3 Å². The molecule has 0 fully saturated rings. The van der Waals surface area contributed by atoms with Crippen LogP contribution in [0.25, 0.3) is 0 Å². The van der Waals surface area contributed by atoms with E-state index in [4.69, 9.17) is 10.6 Å². The standard InChI is InChI=1S/C10H14N2O/c1-13-12-8-4-2-7-3-5-10(11)9(7)6-8/h2,4,6,10,12H,3,5,11H2,1H3. The highest BCUT2D eigenvalue weighted by Gasteiger charge is 2.18. The average Bonchev–Trinajstić information content (AvgIpc) is 2.49. The maximum Gasteiger partial charge on any atom is 0.0636 e. The number of nitrogens with two attached hydrogens (primary N) is 1. The van der Waals surface area contributed by atoms with Gasteiger partial charge in [0.25, 0.3) is 0 Å². The average molecular weight is 178 g/mol. The maximum absolute atomic E-state index is 5.94. The zero-order valence-corrected chi connectivity index (χ0v) is 7.71. The summed E-state index contributed by atoms with van der Waals surface area (Å²) < 4.78 is 0. The number of anilines is 1. The van der Waals surface area contributed by atoms with Crippen LogP contribution >= 0.6 is 0 Å². The molecule has 1 aliphatic rings. The van der Waals surface area contributed by atoms with E-state index in [9.17, 15) is 0 Å². The fourth-order valence-corrected chi connectivity index (χ4v) is 1.82. The smallest absolute Gasteiger partial charge is 0.0636 e. The lowest BCUT2D eigenvalue weighted by Gasteiger charge is -2.08. The monoisotopic (exact) mass is 178 g/mol. The van der Waals surface area contributed by atoms with Crippen molar-refractivity contribution in [2.75, 3.05) is 12.6 Å². The van der Waals surface area contributed by atoms with Crippen LogP contribution in [-0.2, 0) is 11.3 Å². The van der Waals surface area contributed by atoms with Crippen LogP contribution in [0.1, 0.15) is 23.6 Å². The van der Waals surface area contributed by atoms with Gasteiger partial charge in [0, 0.05) is 6.04 Å². The van der Waals surface area contributed by atoms with Crippen LogP contribution in [0.2, 0.25) is 0 Å². The summed E-state index contributed by atoms with van der Waals surface area (Å²) in [6.07, 6.45) is 2.16. The Balaban J connectivity index is 2.31. The van der Waals surface area contributed by atoms with Gasteiger partial charge in [-0.2, -0.15) is 0 Å². The van der Waals surface area contributed by atoms with Crippen LogP contribution in [0.3, 0.4) is 0 Å². The third-order valence-corrected chi connectivity index (χ3v) is 2.49. The highest BCUT2D eigenvalue weighted by molar-refractivity contribution is 5.49. The van der Waals surface area contributed by atoms with Gasteiger partial charge >= 0.3 is 0 Å². The van der Waals surface area contributed by atoms with E-state index in [0.717, 1.165) is 18.5 Å². The first kappa shape index (κ1) is 8.53. The van der Waals surface area contributed by atoms with Gasteiger partial charge in [-0.25, -0.2) is 0 Å². The summed E-state index contributed by atoms with van der Waals surface area (Å²) in [7, 11) is 1.60. The van der Waals surface area contributed by atoms with Crippen molar-refractivity contribution in [1.82, 2.24) is 0 Å². The third-order valence-electron chi connectivity index (χ3n) is 2.49. The number of hydrogen-bond acceptors (Lipinski definition) is 3. The Morgan fingerprint density at radius 3 is 3.15 bits per heavy atom. The fraction of sp³-hybridized carbons (Fsp3) is 0.400. The molecule has 1 aliphatic carbocycles. The molecular formula is C10H14N2O. The number of fused-ring (bicyclic) bond motifs is 1. The zero-order chi connectivity index (χ0) is 9.26. The molecule has 0 aliphatic heterocycles. The van der Waals surface area contributed by atoms with E-state index in [0.29, 0.717) is 0 Å². The van der Waals surface area contributed by atoms with Crippen molar-refractivity contribution in [3.63, 3.8) is 0 Å². The molecular weight excluding hydrogens is 164 g/mol. The van der Waals surface area contributed by atoms with Gasteiger partial charge < -0.3 is 5.73 Å². The van der Waals surface area contributed by atoms with Gasteiger partial charge in [0.2, 0.25) is 0 Å². The van der Waals surface area contributed by atoms with Gasteiger partial charge in [-0.1, -0.05) is 6.07 Å². The second-order valence-corrected chi connectivity index (χ2v) is 3.36. The van der Waals surface area contributed by atoms with Crippen LogP contribution in [0.15, 0.2) is 18.2 Å². The summed E-state index contributed by atoms with van der Waals surface area (Å²) in [4.78, 5) is 4.83. The summed E-state index contributed by atoms with van der Waals surface area (Å²) in [5.41, 5.74) is 12.3. The second-order valence-electron chi connectivity index (χ2n) is 3.36. The summed E-state index contributed by atoms with van der Waals surface area (Å²) in [5.74, 6) is 0. The number of aryl methyl sites for hydroxylation is 1. The molecule has 0 radical (unpaired) electrons. The number of hydrogen-bond donors (Lipinski definition) is 2. The molecule has 1 unspecified atom stereocenters. The highest BCUT2D eigenvalue weighted by Crippen LogP contribution is 2.31. The van der Waals surface area contributed by atoms with Crippen molar-refractivity contribution >= 4 is 5.69 Å². The Hall–Kier alpha value is -1.06. The summed E-state index contributed by atoms with van der Waals surface area (Å²) in [6.45, 7) is 0. The molecule has 2 rings (SSSR count). The molecule has 0 amide bonds. The largest absolute Gasteiger partial charge is 0.324 e. The Kier molecular flexibility index (Phi) is 2.20. The lowest BCUT2D eigenvalue weighted by molar-refractivity contribution is 0.271. The van der Waals surface area contributed by atoms with Crippen LogP contribution in [0.5, 0.6) is 0 Å². The highest BCUT2D eigenvalue weighted by atomic mass is 16.6. The Morgan fingerprint density at radius 2 is 2.38 bits per heavy atom. The molecule has 0 heterocycles. The Bertz CT molecular complexity index is 312.